The zero-order valence-corrected chi connectivity index (χ0v) is 10.5. The second kappa shape index (κ2) is 5.51. The van der Waals surface area contributed by atoms with Crippen LogP contribution in [0.2, 0.25) is 5.02 Å². The fourth-order valence-corrected chi connectivity index (χ4v) is 2.33. The number of ether oxygens (including phenoxy) is 1. The van der Waals surface area contributed by atoms with Crippen molar-refractivity contribution < 1.29 is 4.74 Å². The van der Waals surface area contributed by atoms with Gasteiger partial charge in [-0.1, -0.05) is 11.6 Å². The summed E-state index contributed by atoms with van der Waals surface area (Å²) in [5, 5.41) is 6.31. The monoisotopic (exact) mass is 257 g/mol. The van der Waals surface area contributed by atoms with Crippen LogP contribution in [0.4, 0.5) is 5.69 Å². The Bertz CT molecular complexity index is 433. The number of aromatic nitrogens is 2. The van der Waals surface area contributed by atoms with E-state index in [0.29, 0.717) is 12.3 Å². The number of rotatable bonds is 3. The molecule has 0 aromatic carbocycles. The van der Waals surface area contributed by atoms with Crippen LogP contribution >= 0.6 is 11.6 Å². The van der Waals surface area contributed by atoms with E-state index in [9.17, 15) is 4.79 Å². The molecule has 1 aromatic heterocycles. The summed E-state index contributed by atoms with van der Waals surface area (Å²) >= 11 is 5.99. The minimum absolute atomic E-state index is 0.206. The maximum Gasteiger partial charge on any atom is 0.285 e. The lowest BCUT2D eigenvalue weighted by atomic mass is 10.1. The van der Waals surface area contributed by atoms with Crippen molar-refractivity contribution in [2.45, 2.75) is 25.9 Å². The topological polar surface area (TPSA) is 58.2 Å². The first kappa shape index (κ1) is 12.4. The minimum Gasteiger partial charge on any atom is -0.377 e. The number of H-pyrrole nitrogens is 1. The van der Waals surface area contributed by atoms with E-state index >= 15 is 0 Å². The molecule has 0 saturated carbocycles. The van der Waals surface area contributed by atoms with Crippen LogP contribution in [-0.2, 0) is 4.74 Å². The molecule has 0 bridgehead atoms. The quantitative estimate of drug-likeness (QED) is 0.890. The number of piperidine rings is 1. The second-order valence-corrected chi connectivity index (χ2v) is 4.44. The van der Waals surface area contributed by atoms with Gasteiger partial charge >= 0.3 is 0 Å². The lowest BCUT2D eigenvalue weighted by Crippen LogP contribution is -2.40. The van der Waals surface area contributed by atoms with E-state index in [2.05, 4.69) is 15.1 Å². The van der Waals surface area contributed by atoms with Gasteiger partial charge in [-0.25, -0.2) is 5.10 Å². The standard InChI is InChI=1S/C11H16ClN3O2/c1-2-17-8-4-3-5-15(7-8)9-6-13-14-11(16)10(9)12/h6,8H,2-5,7H2,1H3,(H,14,16). The van der Waals surface area contributed by atoms with E-state index in [-0.39, 0.29) is 16.7 Å². The van der Waals surface area contributed by atoms with Gasteiger partial charge in [0.1, 0.15) is 5.02 Å². The van der Waals surface area contributed by atoms with E-state index in [1.807, 2.05) is 6.92 Å². The smallest absolute Gasteiger partial charge is 0.285 e. The third-order valence-corrected chi connectivity index (χ3v) is 3.26. The van der Waals surface area contributed by atoms with Crippen LogP contribution in [0.15, 0.2) is 11.0 Å². The lowest BCUT2D eigenvalue weighted by molar-refractivity contribution is 0.0526. The molecule has 5 nitrogen and oxygen atoms in total. The molecule has 1 N–H and O–H groups in total. The number of aromatic amines is 1. The Kier molecular flexibility index (Phi) is 4.02. The van der Waals surface area contributed by atoms with Crippen molar-refractivity contribution in [2.75, 3.05) is 24.6 Å². The molecule has 0 radical (unpaired) electrons. The van der Waals surface area contributed by atoms with Gasteiger partial charge in [0.05, 0.1) is 18.0 Å². The van der Waals surface area contributed by atoms with E-state index in [0.717, 1.165) is 25.9 Å². The summed E-state index contributed by atoms with van der Waals surface area (Å²) in [4.78, 5) is 13.4. The summed E-state index contributed by atoms with van der Waals surface area (Å²) in [7, 11) is 0. The Hall–Kier alpha value is -1.07. The molecule has 1 aliphatic heterocycles. The summed E-state index contributed by atoms with van der Waals surface area (Å²) < 4.78 is 5.61. The molecular formula is C11H16ClN3O2. The van der Waals surface area contributed by atoms with Gasteiger partial charge in [-0.05, 0) is 19.8 Å². The van der Waals surface area contributed by atoms with Gasteiger partial charge in [-0.3, -0.25) is 4.79 Å². The number of nitrogens with one attached hydrogen (secondary N) is 1. The van der Waals surface area contributed by atoms with Crippen molar-refractivity contribution in [3.05, 3.63) is 21.6 Å². The van der Waals surface area contributed by atoms with Crippen LogP contribution in [0, 0.1) is 0 Å². The SMILES string of the molecule is CCOC1CCCN(c2cn[nH]c(=O)c2Cl)C1. The number of halogens is 1. The summed E-state index contributed by atoms with van der Waals surface area (Å²) in [6, 6.07) is 0. The van der Waals surface area contributed by atoms with Crippen molar-refractivity contribution in [1.29, 1.82) is 0 Å². The average molecular weight is 258 g/mol. The zero-order valence-electron chi connectivity index (χ0n) is 9.78. The molecule has 1 fully saturated rings. The first-order chi connectivity index (χ1) is 8.22. The van der Waals surface area contributed by atoms with Crippen LogP contribution in [0.25, 0.3) is 0 Å². The van der Waals surface area contributed by atoms with E-state index in [1.54, 1.807) is 6.20 Å². The van der Waals surface area contributed by atoms with Crippen LogP contribution < -0.4 is 10.5 Å². The Balaban J connectivity index is 2.16. The Morgan fingerprint density at radius 2 is 2.53 bits per heavy atom. The number of nitrogens with zero attached hydrogens (tertiary/aromatic N) is 2. The number of anilines is 1. The summed E-state index contributed by atoms with van der Waals surface area (Å²) in [5.74, 6) is 0. The van der Waals surface area contributed by atoms with Gasteiger partial charge in [0.25, 0.3) is 5.56 Å². The highest BCUT2D eigenvalue weighted by molar-refractivity contribution is 6.32. The van der Waals surface area contributed by atoms with Gasteiger partial charge in [0.15, 0.2) is 0 Å². The molecule has 17 heavy (non-hydrogen) atoms. The van der Waals surface area contributed by atoms with Crippen molar-refractivity contribution in [2.24, 2.45) is 0 Å². The Labute approximate surface area is 105 Å². The lowest BCUT2D eigenvalue weighted by Gasteiger charge is -2.34. The molecule has 2 heterocycles. The molecular weight excluding hydrogens is 242 g/mol. The van der Waals surface area contributed by atoms with Crippen molar-refractivity contribution in [3.63, 3.8) is 0 Å². The molecule has 1 saturated heterocycles. The highest BCUT2D eigenvalue weighted by Gasteiger charge is 2.22. The van der Waals surface area contributed by atoms with E-state index in [1.165, 1.54) is 0 Å². The van der Waals surface area contributed by atoms with Crippen molar-refractivity contribution in [3.8, 4) is 0 Å². The van der Waals surface area contributed by atoms with Gasteiger partial charge in [0.2, 0.25) is 0 Å². The Morgan fingerprint density at radius 3 is 3.29 bits per heavy atom. The molecule has 1 atom stereocenters. The van der Waals surface area contributed by atoms with E-state index in [4.69, 9.17) is 16.3 Å². The third-order valence-electron chi connectivity index (χ3n) is 2.90. The van der Waals surface area contributed by atoms with Gasteiger partial charge in [-0.15, -0.1) is 0 Å². The zero-order chi connectivity index (χ0) is 12.3. The van der Waals surface area contributed by atoms with Gasteiger partial charge in [0, 0.05) is 19.7 Å². The van der Waals surface area contributed by atoms with Crippen LogP contribution in [-0.4, -0.2) is 36.0 Å². The average Bonchev–Trinajstić information content (AvgIpc) is 2.33. The number of hydrogen-bond acceptors (Lipinski definition) is 4. The fraction of sp³-hybridized carbons (Fsp3) is 0.636. The predicted octanol–water partition coefficient (Wildman–Crippen LogP) is 1.43. The second-order valence-electron chi connectivity index (χ2n) is 4.06. The first-order valence-electron chi connectivity index (χ1n) is 5.82. The molecule has 2 rings (SSSR count). The molecule has 1 aromatic rings. The number of hydrogen-bond donors (Lipinski definition) is 1. The third kappa shape index (κ3) is 2.79. The van der Waals surface area contributed by atoms with Gasteiger partial charge in [-0.2, -0.15) is 5.10 Å². The molecule has 94 valence electrons. The maximum atomic E-state index is 11.4. The normalized spacial score (nSPS) is 20.6. The molecule has 1 aliphatic rings. The maximum absolute atomic E-state index is 11.4. The predicted molar refractivity (Wildman–Crippen MR) is 66.7 cm³/mol. The summed E-state index contributed by atoms with van der Waals surface area (Å²) in [6.07, 6.45) is 3.90. The summed E-state index contributed by atoms with van der Waals surface area (Å²) in [6.45, 7) is 4.34. The molecule has 0 spiro atoms. The largest absolute Gasteiger partial charge is 0.377 e. The molecule has 6 heteroatoms. The summed E-state index contributed by atoms with van der Waals surface area (Å²) in [5.41, 5.74) is 0.350. The van der Waals surface area contributed by atoms with Crippen LogP contribution in [0.1, 0.15) is 19.8 Å². The molecule has 0 amide bonds. The van der Waals surface area contributed by atoms with Crippen LogP contribution in [0.3, 0.4) is 0 Å². The molecule has 1 unspecified atom stereocenters. The minimum atomic E-state index is -0.345. The highest BCUT2D eigenvalue weighted by Crippen LogP contribution is 2.24. The Morgan fingerprint density at radius 1 is 1.71 bits per heavy atom. The van der Waals surface area contributed by atoms with Crippen LogP contribution in [0.5, 0.6) is 0 Å². The van der Waals surface area contributed by atoms with E-state index < -0.39 is 0 Å². The van der Waals surface area contributed by atoms with Crippen molar-refractivity contribution >= 4 is 17.3 Å². The fourth-order valence-electron chi connectivity index (χ4n) is 2.12. The molecule has 0 aliphatic carbocycles. The first-order valence-corrected chi connectivity index (χ1v) is 6.20. The van der Waals surface area contributed by atoms with Gasteiger partial charge < -0.3 is 9.64 Å². The highest BCUT2D eigenvalue weighted by atomic mass is 35.5. The van der Waals surface area contributed by atoms with Crippen molar-refractivity contribution in [1.82, 2.24) is 10.2 Å².